The predicted molar refractivity (Wildman–Crippen MR) is 141 cm³/mol. The number of halogens is 3. The van der Waals surface area contributed by atoms with Crippen LogP contribution in [-0.2, 0) is 26.2 Å². The molecule has 0 bridgehead atoms. The van der Waals surface area contributed by atoms with Crippen molar-refractivity contribution >= 4 is 62.3 Å². The van der Waals surface area contributed by atoms with E-state index in [0.29, 0.717) is 5.02 Å². The standard InChI is InChI=1S/C24H28Cl3N3O4S/c1-16(24(32)28-20-5-3-4-6-20)29(14-17-7-9-18(25)10-8-17)23(31)15-30(35(2,33)34)22-13-19(26)11-12-21(22)27/h7-13,16,20H,3-6,14-15H2,1-2H3,(H,28,32). The molecule has 2 amide bonds. The van der Waals surface area contributed by atoms with E-state index in [9.17, 15) is 18.0 Å². The number of amides is 2. The van der Waals surface area contributed by atoms with Gasteiger partial charge < -0.3 is 10.2 Å². The van der Waals surface area contributed by atoms with Gasteiger partial charge in [0.15, 0.2) is 0 Å². The third kappa shape index (κ3) is 7.49. The molecule has 1 aliphatic carbocycles. The molecule has 2 aromatic carbocycles. The summed E-state index contributed by atoms with van der Waals surface area (Å²) in [6.07, 6.45) is 4.89. The topological polar surface area (TPSA) is 86.8 Å². The average molecular weight is 561 g/mol. The summed E-state index contributed by atoms with van der Waals surface area (Å²) in [7, 11) is -3.90. The summed E-state index contributed by atoms with van der Waals surface area (Å²) < 4.78 is 26.2. The average Bonchev–Trinajstić information content (AvgIpc) is 3.30. The summed E-state index contributed by atoms with van der Waals surface area (Å²) in [5.74, 6) is -0.846. The molecule has 7 nitrogen and oxygen atoms in total. The van der Waals surface area contributed by atoms with Crippen LogP contribution < -0.4 is 9.62 Å². The highest BCUT2D eigenvalue weighted by molar-refractivity contribution is 7.92. The number of nitrogens with one attached hydrogen (secondary N) is 1. The maximum Gasteiger partial charge on any atom is 0.244 e. The highest BCUT2D eigenvalue weighted by Crippen LogP contribution is 2.31. The van der Waals surface area contributed by atoms with Gasteiger partial charge in [0.1, 0.15) is 12.6 Å². The Morgan fingerprint density at radius 3 is 2.23 bits per heavy atom. The fourth-order valence-corrected chi connectivity index (χ4v) is 5.45. The maximum atomic E-state index is 13.6. The van der Waals surface area contributed by atoms with Gasteiger partial charge in [0.2, 0.25) is 21.8 Å². The molecule has 190 valence electrons. The van der Waals surface area contributed by atoms with Gasteiger partial charge in [-0.15, -0.1) is 0 Å². The molecule has 1 N–H and O–H groups in total. The quantitative estimate of drug-likeness (QED) is 0.473. The summed E-state index contributed by atoms with van der Waals surface area (Å²) in [5, 5.41) is 3.96. The van der Waals surface area contributed by atoms with Crippen molar-refractivity contribution in [2.24, 2.45) is 0 Å². The molecule has 0 spiro atoms. The molecule has 0 saturated heterocycles. The Hall–Kier alpha value is -2.00. The Labute approximate surface area is 221 Å². The summed E-state index contributed by atoms with van der Waals surface area (Å²) in [6, 6.07) is 10.5. The van der Waals surface area contributed by atoms with Crippen LogP contribution in [0.25, 0.3) is 0 Å². The fraction of sp³-hybridized carbons (Fsp3) is 0.417. The zero-order chi connectivity index (χ0) is 25.8. The predicted octanol–water partition coefficient (Wildman–Crippen LogP) is 4.89. The van der Waals surface area contributed by atoms with E-state index >= 15 is 0 Å². The molecule has 0 aromatic heterocycles. The molecule has 3 rings (SSSR count). The lowest BCUT2D eigenvalue weighted by Gasteiger charge is -2.32. The first-order valence-electron chi connectivity index (χ1n) is 11.2. The molecular weight excluding hydrogens is 533 g/mol. The van der Waals surface area contributed by atoms with Crippen molar-refractivity contribution < 1.29 is 18.0 Å². The van der Waals surface area contributed by atoms with Crippen LogP contribution in [-0.4, -0.2) is 50.0 Å². The van der Waals surface area contributed by atoms with E-state index in [0.717, 1.165) is 41.8 Å². The number of hydrogen-bond acceptors (Lipinski definition) is 4. The van der Waals surface area contributed by atoms with E-state index in [1.54, 1.807) is 31.2 Å². The molecule has 1 atom stereocenters. The van der Waals surface area contributed by atoms with Gasteiger partial charge in [0, 0.05) is 22.6 Å². The van der Waals surface area contributed by atoms with Crippen LogP contribution in [0.5, 0.6) is 0 Å². The second-order valence-corrected chi connectivity index (χ2v) is 11.9. The Balaban J connectivity index is 1.90. The number of rotatable bonds is 9. The van der Waals surface area contributed by atoms with Crippen molar-refractivity contribution in [1.82, 2.24) is 10.2 Å². The minimum absolute atomic E-state index is 0.0789. The van der Waals surface area contributed by atoms with Crippen LogP contribution in [0, 0.1) is 0 Å². The number of carbonyl (C=O) groups is 2. The van der Waals surface area contributed by atoms with Gasteiger partial charge in [-0.05, 0) is 55.7 Å². The van der Waals surface area contributed by atoms with Gasteiger partial charge in [-0.1, -0.05) is 59.8 Å². The minimum Gasteiger partial charge on any atom is -0.352 e. The second-order valence-electron chi connectivity index (χ2n) is 8.68. The van der Waals surface area contributed by atoms with Crippen molar-refractivity contribution in [1.29, 1.82) is 0 Å². The van der Waals surface area contributed by atoms with Gasteiger partial charge >= 0.3 is 0 Å². The summed E-state index contributed by atoms with van der Waals surface area (Å²) in [4.78, 5) is 28.0. The second kappa shape index (κ2) is 11.8. The van der Waals surface area contributed by atoms with E-state index in [4.69, 9.17) is 34.8 Å². The number of benzene rings is 2. The van der Waals surface area contributed by atoms with E-state index in [-0.39, 0.29) is 34.2 Å². The van der Waals surface area contributed by atoms with Gasteiger partial charge in [0.05, 0.1) is 17.0 Å². The molecule has 1 saturated carbocycles. The van der Waals surface area contributed by atoms with E-state index in [1.807, 2.05) is 0 Å². The van der Waals surface area contributed by atoms with Gasteiger partial charge in [0.25, 0.3) is 0 Å². The number of anilines is 1. The first-order chi connectivity index (χ1) is 16.5. The van der Waals surface area contributed by atoms with Crippen molar-refractivity contribution in [2.45, 2.75) is 51.2 Å². The molecule has 35 heavy (non-hydrogen) atoms. The zero-order valence-electron chi connectivity index (χ0n) is 19.5. The monoisotopic (exact) mass is 559 g/mol. The van der Waals surface area contributed by atoms with Gasteiger partial charge in [-0.25, -0.2) is 8.42 Å². The van der Waals surface area contributed by atoms with E-state index in [2.05, 4.69) is 5.32 Å². The summed E-state index contributed by atoms with van der Waals surface area (Å²) in [6.45, 7) is 1.18. The fourth-order valence-electron chi connectivity index (χ4n) is 4.03. The molecule has 1 aliphatic rings. The minimum atomic E-state index is -3.90. The zero-order valence-corrected chi connectivity index (χ0v) is 22.6. The highest BCUT2D eigenvalue weighted by Gasteiger charge is 2.32. The Kier molecular flexibility index (Phi) is 9.32. The lowest BCUT2D eigenvalue weighted by molar-refractivity contribution is -0.139. The first kappa shape index (κ1) is 27.6. The van der Waals surface area contributed by atoms with Crippen LogP contribution in [0.3, 0.4) is 0 Å². The van der Waals surface area contributed by atoms with Gasteiger partial charge in [-0.2, -0.15) is 0 Å². The molecule has 0 radical (unpaired) electrons. The van der Waals surface area contributed by atoms with Crippen LogP contribution >= 0.6 is 34.8 Å². The van der Waals surface area contributed by atoms with Crippen LogP contribution in [0.2, 0.25) is 15.1 Å². The SMILES string of the molecule is CC(C(=O)NC1CCCC1)N(Cc1ccc(Cl)cc1)C(=O)CN(c1cc(Cl)ccc1Cl)S(C)(=O)=O. The first-order valence-corrected chi connectivity index (χ1v) is 14.2. The molecule has 1 unspecified atom stereocenters. The third-order valence-electron chi connectivity index (χ3n) is 5.99. The number of sulfonamides is 1. The maximum absolute atomic E-state index is 13.6. The van der Waals surface area contributed by atoms with Crippen molar-refractivity contribution in [3.05, 3.63) is 63.1 Å². The molecule has 0 heterocycles. The lowest BCUT2D eigenvalue weighted by atomic mass is 10.1. The van der Waals surface area contributed by atoms with E-state index < -0.39 is 28.5 Å². The Bertz CT molecular complexity index is 1170. The number of nitrogens with zero attached hydrogens (tertiary/aromatic N) is 2. The van der Waals surface area contributed by atoms with Crippen LogP contribution in [0.1, 0.15) is 38.2 Å². The van der Waals surface area contributed by atoms with Crippen LogP contribution in [0.15, 0.2) is 42.5 Å². The van der Waals surface area contributed by atoms with Crippen molar-refractivity contribution in [3.63, 3.8) is 0 Å². The molecule has 2 aromatic rings. The lowest BCUT2D eigenvalue weighted by Crippen LogP contribution is -2.52. The smallest absolute Gasteiger partial charge is 0.244 e. The summed E-state index contributed by atoms with van der Waals surface area (Å²) >= 11 is 18.3. The third-order valence-corrected chi connectivity index (χ3v) is 7.92. The molecule has 0 aliphatic heterocycles. The summed E-state index contributed by atoms with van der Waals surface area (Å²) in [5.41, 5.74) is 0.833. The Morgan fingerprint density at radius 1 is 1.03 bits per heavy atom. The largest absolute Gasteiger partial charge is 0.352 e. The molecule has 1 fully saturated rings. The van der Waals surface area contributed by atoms with Gasteiger partial charge in [-0.3, -0.25) is 13.9 Å². The molecular formula is C24H28Cl3N3O4S. The highest BCUT2D eigenvalue weighted by atomic mass is 35.5. The Morgan fingerprint density at radius 2 is 1.63 bits per heavy atom. The normalized spacial score (nSPS) is 15.0. The van der Waals surface area contributed by atoms with Crippen LogP contribution in [0.4, 0.5) is 5.69 Å². The van der Waals surface area contributed by atoms with Crippen molar-refractivity contribution in [3.8, 4) is 0 Å². The van der Waals surface area contributed by atoms with E-state index in [1.165, 1.54) is 23.1 Å². The molecule has 11 heteroatoms. The van der Waals surface area contributed by atoms with Crippen molar-refractivity contribution in [2.75, 3.05) is 17.1 Å². The number of carbonyl (C=O) groups excluding carboxylic acids is 2. The number of hydrogen-bond donors (Lipinski definition) is 1.